The second-order valence-corrected chi connectivity index (χ2v) is 5.94. The van der Waals surface area contributed by atoms with Gasteiger partial charge < -0.3 is 4.55 Å². The van der Waals surface area contributed by atoms with Crippen LogP contribution >= 0.6 is 0 Å². The summed E-state index contributed by atoms with van der Waals surface area (Å²) in [5.41, 5.74) is 0.633. The SMILES string of the molecule is CC(C)(C)[S+]([O-])/N=C/c1ccc(F)nc1. The fourth-order valence-corrected chi connectivity index (χ4v) is 1.26. The lowest BCUT2D eigenvalue weighted by atomic mass is 10.3. The van der Waals surface area contributed by atoms with Crippen molar-refractivity contribution in [1.82, 2.24) is 4.98 Å². The molecule has 1 atom stereocenters. The average Bonchev–Trinajstić information content (AvgIpc) is 2.15. The Morgan fingerprint density at radius 2 is 2.13 bits per heavy atom. The molecule has 0 fully saturated rings. The summed E-state index contributed by atoms with van der Waals surface area (Å²) in [6.45, 7) is 5.51. The van der Waals surface area contributed by atoms with Gasteiger partial charge in [0.1, 0.15) is 16.1 Å². The van der Waals surface area contributed by atoms with Gasteiger partial charge in [-0.15, -0.1) is 0 Å². The highest BCUT2D eigenvalue weighted by Gasteiger charge is 2.25. The van der Waals surface area contributed by atoms with Crippen LogP contribution in [0, 0.1) is 5.95 Å². The maximum absolute atomic E-state index is 12.5. The molecule has 1 aromatic rings. The van der Waals surface area contributed by atoms with Crippen molar-refractivity contribution in [3.63, 3.8) is 0 Å². The normalized spacial score (nSPS) is 14.5. The summed E-state index contributed by atoms with van der Waals surface area (Å²) in [5, 5.41) is 0. The predicted octanol–water partition coefficient (Wildman–Crippen LogP) is 2.10. The highest BCUT2D eigenvalue weighted by Crippen LogP contribution is 2.16. The lowest BCUT2D eigenvalue weighted by Gasteiger charge is -2.17. The third kappa shape index (κ3) is 3.97. The van der Waals surface area contributed by atoms with Crippen LogP contribution in [0.1, 0.15) is 26.3 Å². The smallest absolute Gasteiger partial charge is 0.212 e. The predicted molar refractivity (Wildman–Crippen MR) is 59.7 cm³/mol. The minimum Gasteiger partial charge on any atom is -0.591 e. The standard InChI is InChI=1S/C10H13FN2OS/c1-10(2,3)15(14)13-7-8-4-5-9(11)12-6-8/h4-7H,1-3H3/b13-7+. The molecule has 0 saturated carbocycles. The maximum Gasteiger partial charge on any atom is 0.212 e. The third-order valence-electron chi connectivity index (χ3n) is 1.57. The Morgan fingerprint density at radius 1 is 1.47 bits per heavy atom. The van der Waals surface area contributed by atoms with E-state index in [9.17, 15) is 8.94 Å². The number of hydrogen-bond donors (Lipinski definition) is 0. The molecule has 0 amide bonds. The molecule has 0 saturated heterocycles. The molecule has 0 bridgehead atoms. The first kappa shape index (κ1) is 12.1. The first-order valence-electron chi connectivity index (χ1n) is 4.47. The molecule has 82 valence electrons. The highest BCUT2D eigenvalue weighted by molar-refractivity contribution is 7.91. The number of halogens is 1. The topological polar surface area (TPSA) is 48.3 Å². The number of hydrogen-bond acceptors (Lipinski definition) is 3. The van der Waals surface area contributed by atoms with Gasteiger partial charge >= 0.3 is 0 Å². The molecule has 1 aromatic heterocycles. The molecule has 15 heavy (non-hydrogen) atoms. The van der Waals surface area contributed by atoms with Crippen molar-refractivity contribution in [1.29, 1.82) is 0 Å². The summed E-state index contributed by atoms with van der Waals surface area (Å²) in [5.74, 6) is -0.538. The van der Waals surface area contributed by atoms with Crippen molar-refractivity contribution in [2.75, 3.05) is 0 Å². The Morgan fingerprint density at radius 3 is 2.60 bits per heavy atom. The zero-order chi connectivity index (χ0) is 11.5. The monoisotopic (exact) mass is 228 g/mol. The van der Waals surface area contributed by atoms with Crippen molar-refractivity contribution in [2.45, 2.75) is 25.5 Å². The molecular formula is C10H13FN2OS. The molecule has 5 heteroatoms. The molecule has 0 aliphatic rings. The van der Waals surface area contributed by atoms with Gasteiger partial charge in [-0.2, -0.15) is 4.39 Å². The largest absolute Gasteiger partial charge is 0.591 e. The zero-order valence-electron chi connectivity index (χ0n) is 8.90. The molecule has 1 unspecified atom stereocenters. The van der Waals surface area contributed by atoms with Crippen LogP contribution in [0.25, 0.3) is 0 Å². The van der Waals surface area contributed by atoms with E-state index in [1.54, 1.807) is 0 Å². The molecule has 1 heterocycles. The molecule has 1 rings (SSSR count). The Bertz CT molecular complexity index is 345. The van der Waals surface area contributed by atoms with E-state index in [0.717, 1.165) is 0 Å². The second kappa shape index (κ2) is 4.72. The van der Waals surface area contributed by atoms with Crippen molar-refractivity contribution in [2.24, 2.45) is 4.40 Å². The summed E-state index contributed by atoms with van der Waals surface area (Å²) >= 11 is -1.30. The highest BCUT2D eigenvalue weighted by atomic mass is 32.2. The molecule has 0 spiro atoms. The van der Waals surface area contributed by atoms with Crippen molar-refractivity contribution < 1.29 is 8.94 Å². The number of aromatic nitrogens is 1. The van der Waals surface area contributed by atoms with Gasteiger partial charge in [0.2, 0.25) is 5.95 Å². The average molecular weight is 228 g/mol. The Labute approximate surface area is 91.8 Å². The van der Waals surface area contributed by atoms with Crippen LogP contribution in [-0.2, 0) is 11.4 Å². The van der Waals surface area contributed by atoms with Gasteiger partial charge in [0.05, 0.1) is 6.21 Å². The number of pyridine rings is 1. The van der Waals surface area contributed by atoms with E-state index < -0.39 is 17.3 Å². The van der Waals surface area contributed by atoms with Crippen LogP contribution in [0.3, 0.4) is 0 Å². The molecule has 3 nitrogen and oxygen atoms in total. The van der Waals surface area contributed by atoms with Crippen LogP contribution in [0.2, 0.25) is 0 Å². The van der Waals surface area contributed by atoms with Gasteiger partial charge in [0.15, 0.2) is 0 Å². The van der Waals surface area contributed by atoms with E-state index in [1.165, 1.54) is 24.5 Å². The molecule has 0 aliphatic carbocycles. The van der Waals surface area contributed by atoms with Crippen LogP contribution in [0.15, 0.2) is 22.7 Å². The van der Waals surface area contributed by atoms with Crippen molar-refractivity contribution in [3.05, 3.63) is 29.8 Å². The van der Waals surface area contributed by atoms with Crippen LogP contribution in [0.5, 0.6) is 0 Å². The van der Waals surface area contributed by atoms with Crippen LogP contribution in [-0.4, -0.2) is 20.5 Å². The fraction of sp³-hybridized carbons (Fsp3) is 0.400. The number of nitrogens with zero attached hydrogens (tertiary/aromatic N) is 2. The van der Waals surface area contributed by atoms with E-state index >= 15 is 0 Å². The van der Waals surface area contributed by atoms with Gasteiger partial charge in [-0.1, -0.05) is 4.40 Å². The summed E-state index contributed by atoms with van der Waals surface area (Å²) in [4.78, 5) is 3.46. The summed E-state index contributed by atoms with van der Waals surface area (Å²) < 4.78 is 27.5. The van der Waals surface area contributed by atoms with Gasteiger partial charge in [-0.05, 0) is 32.9 Å². The zero-order valence-corrected chi connectivity index (χ0v) is 9.71. The van der Waals surface area contributed by atoms with Gasteiger partial charge in [-0.25, -0.2) is 4.98 Å². The van der Waals surface area contributed by atoms with E-state index in [1.807, 2.05) is 20.8 Å². The quantitative estimate of drug-likeness (QED) is 0.442. The minimum absolute atomic E-state index is 0.385. The van der Waals surface area contributed by atoms with Gasteiger partial charge in [0, 0.05) is 11.8 Å². The van der Waals surface area contributed by atoms with Crippen LogP contribution < -0.4 is 0 Å². The van der Waals surface area contributed by atoms with Crippen molar-refractivity contribution in [3.8, 4) is 0 Å². The first-order valence-corrected chi connectivity index (χ1v) is 5.58. The lowest BCUT2D eigenvalue weighted by Crippen LogP contribution is -2.25. The Hall–Kier alpha value is -0.940. The molecular weight excluding hydrogens is 215 g/mol. The fourth-order valence-electron chi connectivity index (χ4n) is 0.730. The Kier molecular flexibility index (Phi) is 3.82. The van der Waals surface area contributed by atoms with E-state index in [0.29, 0.717) is 5.56 Å². The van der Waals surface area contributed by atoms with Gasteiger partial charge in [0.25, 0.3) is 0 Å². The first-order chi connectivity index (χ1) is 6.89. The van der Waals surface area contributed by atoms with Crippen LogP contribution in [0.4, 0.5) is 4.39 Å². The summed E-state index contributed by atoms with van der Waals surface area (Å²) in [7, 11) is 0. The van der Waals surface area contributed by atoms with E-state index in [4.69, 9.17) is 0 Å². The maximum atomic E-state index is 12.5. The second-order valence-electron chi connectivity index (χ2n) is 4.01. The molecule has 0 aromatic carbocycles. The number of rotatable bonds is 2. The molecule has 0 aliphatic heterocycles. The van der Waals surface area contributed by atoms with Gasteiger partial charge in [-0.3, -0.25) is 0 Å². The van der Waals surface area contributed by atoms with Crippen molar-refractivity contribution >= 4 is 17.6 Å². The van der Waals surface area contributed by atoms with E-state index in [2.05, 4.69) is 9.38 Å². The minimum atomic E-state index is -1.30. The Balaban J connectivity index is 2.70. The lowest BCUT2D eigenvalue weighted by molar-refractivity contribution is 0.562. The summed E-state index contributed by atoms with van der Waals surface area (Å²) in [6.07, 6.45) is 2.78. The molecule has 0 radical (unpaired) electrons. The third-order valence-corrected chi connectivity index (χ3v) is 2.92. The van der Waals surface area contributed by atoms with E-state index in [-0.39, 0.29) is 4.75 Å². The molecule has 0 N–H and O–H groups in total. The summed E-state index contributed by atoms with van der Waals surface area (Å²) in [6, 6.07) is 2.77.